The monoisotopic (exact) mass is 388 g/mol. The van der Waals surface area contributed by atoms with Crippen LogP contribution in [0.1, 0.15) is 32.9 Å². The SMILES string of the molecule is Cc1cc(C(=O)N2CCN(Cc3ccc(C#N)cc3)CC2)c2c(C)nn(C)c2n1. The largest absolute Gasteiger partial charge is 0.336 e. The number of aryl methyl sites for hydroxylation is 3. The van der Waals surface area contributed by atoms with Crippen molar-refractivity contribution in [1.29, 1.82) is 5.26 Å². The van der Waals surface area contributed by atoms with Crippen LogP contribution in [0.15, 0.2) is 30.3 Å². The summed E-state index contributed by atoms with van der Waals surface area (Å²) in [7, 11) is 1.86. The number of carbonyl (C=O) groups is 1. The number of nitriles is 1. The fourth-order valence-corrected chi connectivity index (χ4v) is 3.96. The second kappa shape index (κ2) is 7.64. The van der Waals surface area contributed by atoms with E-state index in [4.69, 9.17) is 5.26 Å². The van der Waals surface area contributed by atoms with Crippen LogP contribution >= 0.6 is 0 Å². The van der Waals surface area contributed by atoms with E-state index >= 15 is 0 Å². The van der Waals surface area contributed by atoms with Gasteiger partial charge >= 0.3 is 0 Å². The Hall–Kier alpha value is -3.24. The van der Waals surface area contributed by atoms with E-state index in [1.807, 2.05) is 56.1 Å². The molecule has 29 heavy (non-hydrogen) atoms. The zero-order valence-corrected chi connectivity index (χ0v) is 17.0. The summed E-state index contributed by atoms with van der Waals surface area (Å²) < 4.78 is 1.74. The number of benzene rings is 1. The molecule has 3 heterocycles. The van der Waals surface area contributed by atoms with Crippen LogP contribution in [0.5, 0.6) is 0 Å². The van der Waals surface area contributed by atoms with E-state index in [9.17, 15) is 4.79 Å². The summed E-state index contributed by atoms with van der Waals surface area (Å²) in [5.74, 6) is 0.0506. The van der Waals surface area contributed by atoms with Crippen molar-refractivity contribution in [3.63, 3.8) is 0 Å². The van der Waals surface area contributed by atoms with E-state index < -0.39 is 0 Å². The molecule has 0 unspecified atom stereocenters. The molecule has 0 bridgehead atoms. The summed E-state index contributed by atoms with van der Waals surface area (Å²) in [5.41, 5.74) is 4.96. The standard InChI is InChI=1S/C22H24N6O/c1-15-12-19(20-16(2)25-26(3)21(20)24-15)22(29)28-10-8-27(9-11-28)14-18-6-4-17(13-23)5-7-18/h4-7,12H,8-11,14H2,1-3H3. The number of aromatic nitrogens is 3. The van der Waals surface area contributed by atoms with Crippen molar-refractivity contribution >= 4 is 16.9 Å². The number of carbonyl (C=O) groups excluding carboxylic acids is 1. The van der Waals surface area contributed by atoms with Gasteiger partial charge in [-0.05, 0) is 37.6 Å². The molecule has 1 amide bonds. The molecule has 0 saturated carbocycles. The zero-order valence-electron chi connectivity index (χ0n) is 17.0. The fraction of sp³-hybridized carbons (Fsp3) is 0.364. The molecule has 4 rings (SSSR count). The summed E-state index contributed by atoms with van der Waals surface area (Å²) in [5, 5.41) is 14.2. The molecule has 7 nitrogen and oxygen atoms in total. The normalized spacial score (nSPS) is 14.9. The van der Waals surface area contributed by atoms with E-state index in [1.54, 1.807) is 4.68 Å². The van der Waals surface area contributed by atoms with Gasteiger partial charge in [0.2, 0.25) is 0 Å². The van der Waals surface area contributed by atoms with Crippen LogP contribution in [-0.4, -0.2) is 56.7 Å². The van der Waals surface area contributed by atoms with Gasteiger partial charge in [0.05, 0.1) is 28.3 Å². The number of hydrogen-bond acceptors (Lipinski definition) is 5. The predicted molar refractivity (Wildman–Crippen MR) is 110 cm³/mol. The van der Waals surface area contributed by atoms with Crippen LogP contribution in [0.25, 0.3) is 11.0 Å². The summed E-state index contributed by atoms with van der Waals surface area (Å²) >= 11 is 0. The Kier molecular flexibility index (Phi) is 5.03. The second-order valence-electron chi connectivity index (χ2n) is 7.60. The molecule has 1 saturated heterocycles. The van der Waals surface area contributed by atoms with Gasteiger partial charge in [0.25, 0.3) is 5.91 Å². The maximum atomic E-state index is 13.3. The Balaban J connectivity index is 1.47. The molecular weight excluding hydrogens is 364 g/mol. The molecule has 0 radical (unpaired) electrons. The van der Waals surface area contributed by atoms with Gasteiger partial charge in [-0.25, -0.2) is 4.98 Å². The van der Waals surface area contributed by atoms with Crippen LogP contribution in [0, 0.1) is 25.2 Å². The molecular formula is C22H24N6O. The molecule has 1 aromatic carbocycles. The highest BCUT2D eigenvalue weighted by atomic mass is 16.2. The van der Waals surface area contributed by atoms with E-state index in [0.717, 1.165) is 42.1 Å². The Morgan fingerprint density at radius 1 is 1.14 bits per heavy atom. The van der Waals surface area contributed by atoms with Crippen molar-refractivity contribution in [2.45, 2.75) is 20.4 Å². The number of fused-ring (bicyclic) bond motifs is 1. The fourth-order valence-electron chi connectivity index (χ4n) is 3.96. The molecule has 0 atom stereocenters. The van der Waals surface area contributed by atoms with Crippen LogP contribution in [0.4, 0.5) is 0 Å². The Morgan fingerprint density at radius 3 is 2.48 bits per heavy atom. The van der Waals surface area contributed by atoms with Gasteiger partial charge < -0.3 is 4.90 Å². The first-order chi connectivity index (χ1) is 14.0. The van der Waals surface area contributed by atoms with Crippen molar-refractivity contribution in [1.82, 2.24) is 24.6 Å². The number of nitrogens with zero attached hydrogens (tertiary/aromatic N) is 6. The number of pyridine rings is 1. The lowest BCUT2D eigenvalue weighted by Gasteiger charge is -2.35. The van der Waals surface area contributed by atoms with Crippen molar-refractivity contribution < 1.29 is 4.79 Å². The maximum absolute atomic E-state index is 13.3. The van der Waals surface area contributed by atoms with Gasteiger partial charge in [-0.1, -0.05) is 12.1 Å². The lowest BCUT2D eigenvalue weighted by molar-refractivity contribution is 0.0630. The summed E-state index contributed by atoms with van der Waals surface area (Å²) in [4.78, 5) is 22.1. The van der Waals surface area contributed by atoms with Crippen molar-refractivity contribution in [3.05, 3.63) is 58.4 Å². The van der Waals surface area contributed by atoms with E-state index in [2.05, 4.69) is 21.1 Å². The van der Waals surface area contributed by atoms with Crippen molar-refractivity contribution in [2.24, 2.45) is 7.05 Å². The number of hydrogen-bond donors (Lipinski definition) is 0. The van der Waals surface area contributed by atoms with Crippen molar-refractivity contribution in [3.8, 4) is 6.07 Å². The highest BCUT2D eigenvalue weighted by Gasteiger charge is 2.25. The minimum absolute atomic E-state index is 0.0506. The molecule has 0 spiro atoms. The summed E-state index contributed by atoms with van der Waals surface area (Å²) in [6.07, 6.45) is 0. The third-order valence-corrected chi connectivity index (χ3v) is 5.48. The molecule has 1 aliphatic heterocycles. The molecule has 0 N–H and O–H groups in total. The van der Waals surface area contributed by atoms with Crippen LogP contribution in [-0.2, 0) is 13.6 Å². The average Bonchev–Trinajstić information content (AvgIpc) is 3.01. The molecule has 2 aromatic heterocycles. The van der Waals surface area contributed by atoms with Crippen LogP contribution in [0.2, 0.25) is 0 Å². The smallest absolute Gasteiger partial charge is 0.254 e. The molecule has 3 aromatic rings. The molecule has 0 aliphatic carbocycles. The topological polar surface area (TPSA) is 78.0 Å². The molecule has 1 fully saturated rings. The minimum atomic E-state index is 0.0506. The van der Waals surface area contributed by atoms with E-state index in [-0.39, 0.29) is 5.91 Å². The zero-order chi connectivity index (χ0) is 20.5. The van der Waals surface area contributed by atoms with Gasteiger partial charge in [0, 0.05) is 45.5 Å². The summed E-state index contributed by atoms with van der Waals surface area (Å²) in [6, 6.07) is 11.7. The second-order valence-corrected chi connectivity index (χ2v) is 7.60. The Bertz CT molecular complexity index is 1100. The molecule has 7 heteroatoms. The third-order valence-electron chi connectivity index (χ3n) is 5.48. The van der Waals surface area contributed by atoms with Crippen molar-refractivity contribution in [2.75, 3.05) is 26.2 Å². The van der Waals surface area contributed by atoms with Gasteiger partial charge in [-0.2, -0.15) is 10.4 Å². The van der Waals surface area contributed by atoms with E-state index in [1.165, 1.54) is 5.56 Å². The lowest BCUT2D eigenvalue weighted by Crippen LogP contribution is -2.48. The van der Waals surface area contributed by atoms with Crippen LogP contribution in [0.3, 0.4) is 0 Å². The highest BCUT2D eigenvalue weighted by Crippen LogP contribution is 2.23. The highest BCUT2D eigenvalue weighted by molar-refractivity contribution is 6.06. The number of piperazine rings is 1. The quantitative estimate of drug-likeness (QED) is 0.689. The molecule has 1 aliphatic rings. The predicted octanol–water partition coefficient (Wildman–Crippen LogP) is 2.41. The summed E-state index contributed by atoms with van der Waals surface area (Å²) in [6.45, 7) is 7.69. The van der Waals surface area contributed by atoms with Gasteiger partial charge in [0.1, 0.15) is 0 Å². The van der Waals surface area contributed by atoms with Gasteiger partial charge in [0.15, 0.2) is 5.65 Å². The van der Waals surface area contributed by atoms with Crippen LogP contribution < -0.4 is 0 Å². The third kappa shape index (κ3) is 3.71. The first-order valence-corrected chi connectivity index (χ1v) is 9.78. The first-order valence-electron chi connectivity index (χ1n) is 9.78. The Labute approximate surface area is 170 Å². The van der Waals surface area contributed by atoms with E-state index in [0.29, 0.717) is 24.2 Å². The average molecular weight is 388 g/mol. The van der Waals surface area contributed by atoms with Gasteiger partial charge in [-0.3, -0.25) is 14.4 Å². The Morgan fingerprint density at radius 2 is 1.83 bits per heavy atom. The molecule has 148 valence electrons. The lowest BCUT2D eigenvalue weighted by atomic mass is 10.1. The number of rotatable bonds is 3. The first kappa shape index (κ1) is 19.1. The van der Waals surface area contributed by atoms with Gasteiger partial charge in [-0.15, -0.1) is 0 Å². The maximum Gasteiger partial charge on any atom is 0.254 e. The minimum Gasteiger partial charge on any atom is -0.336 e. The number of amides is 1.